The number of carbonyl (C=O) groups is 3. The van der Waals surface area contributed by atoms with Crippen molar-refractivity contribution >= 4 is 23.8 Å². The fourth-order valence-corrected chi connectivity index (χ4v) is 12.0. The molecule has 5 aliphatic rings. The highest BCUT2D eigenvalue weighted by Gasteiger charge is 2.59. The van der Waals surface area contributed by atoms with Crippen molar-refractivity contribution in [1.29, 1.82) is 0 Å². The molecule has 4 aliphatic carbocycles. The van der Waals surface area contributed by atoms with Crippen LogP contribution in [0, 0.1) is 52.2 Å². The van der Waals surface area contributed by atoms with Crippen molar-refractivity contribution in [3.63, 3.8) is 0 Å². The minimum absolute atomic E-state index is 0.129. The van der Waals surface area contributed by atoms with E-state index in [0.29, 0.717) is 17.8 Å². The Bertz CT molecular complexity index is 1750. The number of aliphatic hydroxyl groups excluding tert-OH is 1. The zero-order valence-electron chi connectivity index (χ0n) is 36.5. The first-order chi connectivity index (χ1) is 28.0. The molecule has 0 bridgehead atoms. The maximum Gasteiger partial charge on any atom is 0.412 e. The van der Waals surface area contributed by atoms with Crippen molar-refractivity contribution in [1.82, 2.24) is 9.55 Å². The Kier molecular flexibility index (Phi) is 14.7. The first-order valence-corrected chi connectivity index (χ1v) is 22.7. The van der Waals surface area contributed by atoms with Gasteiger partial charge in [0.05, 0.1) is 31.7 Å². The van der Waals surface area contributed by atoms with Gasteiger partial charge in [-0.2, -0.15) is 4.98 Å². The molecule has 2 N–H and O–H groups in total. The third-order valence-corrected chi connectivity index (χ3v) is 15.2. The molecule has 0 spiro atoms. The maximum absolute atomic E-state index is 14.9. The number of hydrogen-bond acceptors (Lipinski definition) is 10. The number of aromatic nitrogens is 2. The Morgan fingerprint density at radius 2 is 1.76 bits per heavy atom. The van der Waals surface area contributed by atoms with Crippen LogP contribution >= 0.6 is 0 Å². The van der Waals surface area contributed by atoms with E-state index in [0.717, 1.165) is 78.9 Å². The summed E-state index contributed by atoms with van der Waals surface area (Å²) in [6.07, 6.45) is 12.0. The third kappa shape index (κ3) is 9.92. The van der Waals surface area contributed by atoms with Gasteiger partial charge in [-0.1, -0.05) is 85.3 Å². The van der Waals surface area contributed by atoms with Gasteiger partial charge in [0.2, 0.25) is 0 Å². The van der Waals surface area contributed by atoms with Crippen LogP contribution in [0.1, 0.15) is 157 Å². The van der Waals surface area contributed by atoms with E-state index in [-0.39, 0.29) is 31.0 Å². The number of nitrogens with one attached hydrogen (secondary N) is 1. The lowest BCUT2D eigenvalue weighted by Crippen LogP contribution is -2.51. The molecule has 1 aromatic rings. The van der Waals surface area contributed by atoms with Crippen molar-refractivity contribution in [2.75, 3.05) is 11.9 Å². The average Bonchev–Trinajstić information content (AvgIpc) is 3.68. The van der Waals surface area contributed by atoms with Crippen molar-refractivity contribution < 1.29 is 42.8 Å². The molecule has 330 valence electrons. The fraction of sp³-hybridized carbons (Fsp3) is 0.804. The van der Waals surface area contributed by atoms with E-state index in [1.54, 1.807) is 6.92 Å². The van der Waals surface area contributed by atoms with Crippen LogP contribution in [0.15, 0.2) is 22.6 Å². The number of esters is 2. The molecule has 12 atom stereocenters. The van der Waals surface area contributed by atoms with E-state index >= 15 is 0 Å². The van der Waals surface area contributed by atoms with Crippen LogP contribution < -0.4 is 11.0 Å². The molecule has 12 nitrogen and oxygen atoms in total. The van der Waals surface area contributed by atoms with Crippen molar-refractivity contribution in [2.24, 2.45) is 46.3 Å². The van der Waals surface area contributed by atoms with Gasteiger partial charge in [0, 0.05) is 6.42 Å². The molecule has 1 aromatic heterocycles. The molecule has 0 radical (unpaired) electrons. The Morgan fingerprint density at radius 1 is 1.02 bits per heavy atom. The van der Waals surface area contributed by atoms with Gasteiger partial charge in [0.15, 0.2) is 24.0 Å². The molecule has 3 saturated carbocycles. The standard InChI is InChI=1S/C46H70FN3O9/c1-8-9-10-24-56-44(55)49-41-36(47)26-50(43(54)48-41)42-39(53)40(29(5)57-42)59-38(52)19-18-37(51)58-31-20-22-45(6)30(25-31)14-15-32-34-17-16-33(28(4)13-11-12-27(2)3)46(34,7)23-21-35(32)45/h14,26-29,31-35,39-40,42,53H,8-13,15-25H2,1-7H3,(H,48,49,54,55)/t28-,29-,31+,32+,33-,34+,35+,39-,40-,42-,45+,46-/m1/s1. The van der Waals surface area contributed by atoms with Crippen LogP contribution in [0.4, 0.5) is 15.0 Å². The third-order valence-electron chi connectivity index (χ3n) is 15.2. The zero-order chi connectivity index (χ0) is 42.6. The lowest BCUT2D eigenvalue weighted by atomic mass is 9.47. The monoisotopic (exact) mass is 828 g/mol. The summed E-state index contributed by atoms with van der Waals surface area (Å²) in [6.45, 7) is 15.9. The zero-order valence-corrected chi connectivity index (χ0v) is 36.5. The van der Waals surface area contributed by atoms with E-state index < -0.39 is 59.9 Å². The Morgan fingerprint density at radius 3 is 2.49 bits per heavy atom. The number of hydrogen-bond donors (Lipinski definition) is 2. The molecule has 1 aliphatic heterocycles. The van der Waals surface area contributed by atoms with Crippen LogP contribution in [0.3, 0.4) is 0 Å². The van der Waals surface area contributed by atoms with Gasteiger partial charge in [-0.15, -0.1) is 0 Å². The Labute approximate surface area is 349 Å². The molecule has 1 saturated heterocycles. The van der Waals surface area contributed by atoms with Gasteiger partial charge in [-0.3, -0.25) is 19.5 Å². The predicted molar refractivity (Wildman–Crippen MR) is 221 cm³/mol. The van der Waals surface area contributed by atoms with Crippen LogP contribution in [0.5, 0.6) is 0 Å². The van der Waals surface area contributed by atoms with E-state index in [4.69, 9.17) is 18.9 Å². The molecule has 59 heavy (non-hydrogen) atoms. The molecule has 2 heterocycles. The molecule has 4 fully saturated rings. The average molecular weight is 828 g/mol. The maximum atomic E-state index is 14.9. The van der Waals surface area contributed by atoms with Crippen LogP contribution in [0.25, 0.3) is 0 Å². The molecule has 0 aromatic carbocycles. The lowest BCUT2D eigenvalue weighted by molar-refractivity contribution is -0.160. The van der Waals surface area contributed by atoms with Crippen LogP contribution in [0.2, 0.25) is 0 Å². The molecular weight excluding hydrogens is 758 g/mol. The van der Waals surface area contributed by atoms with E-state index in [9.17, 15) is 28.7 Å². The van der Waals surface area contributed by atoms with Crippen molar-refractivity contribution in [2.45, 2.75) is 182 Å². The number of fused-ring (bicyclic) bond motifs is 5. The van der Waals surface area contributed by atoms with Crippen LogP contribution in [-0.4, -0.2) is 63.7 Å². The summed E-state index contributed by atoms with van der Waals surface area (Å²) in [7, 11) is 0. The second kappa shape index (κ2) is 19.2. The fourth-order valence-electron chi connectivity index (χ4n) is 12.0. The molecule has 6 rings (SSSR count). The van der Waals surface area contributed by atoms with Gasteiger partial charge in [0.1, 0.15) is 12.2 Å². The summed E-state index contributed by atoms with van der Waals surface area (Å²) in [4.78, 5) is 54.3. The molecule has 1 amide bonds. The number of aliphatic hydroxyl groups is 1. The van der Waals surface area contributed by atoms with Gasteiger partial charge in [-0.25, -0.2) is 14.0 Å². The molecular formula is C46H70FN3O9. The Balaban J connectivity index is 0.965. The van der Waals surface area contributed by atoms with E-state index in [1.165, 1.54) is 50.5 Å². The molecule has 13 heteroatoms. The number of halogens is 1. The number of nitrogens with zero attached hydrogens (tertiary/aromatic N) is 2. The van der Waals surface area contributed by atoms with Gasteiger partial charge < -0.3 is 24.1 Å². The van der Waals surface area contributed by atoms with Gasteiger partial charge in [-0.05, 0) is 105 Å². The largest absolute Gasteiger partial charge is 0.462 e. The summed E-state index contributed by atoms with van der Waals surface area (Å²) in [5, 5.41) is 13.1. The highest BCUT2D eigenvalue weighted by Crippen LogP contribution is 2.67. The summed E-state index contributed by atoms with van der Waals surface area (Å²) >= 11 is 0. The quantitative estimate of drug-likeness (QED) is 0.0714. The van der Waals surface area contributed by atoms with Crippen molar-refractivity contribution in [3.05, 3.63) is 34.1 Å². The minimum Gasteiger partial charge on any atom is -0.462 e. The smallest absolute Gasteiger partial charge is 0.412 e. The lowest BCUT2D eigenvalue weighted by Gasteiger charge is -2.58. The summed E-state index contributed by atoms with van der Waals surface area (Å²) in [5.74, 6) is 1.66. The number of anilines is 1. The highest BCUT2D eigenvalue weighted by molar-refractivity contribution is 5.83. The number of carbonyl (C=O) groups excluding carboxylic acids is 3. The van der Waals surface area contributed by atoms with Gasteiger partial charge in [0.25, 0.3) is 0 Å². The number of ether oxygens (including phenoxy) is 4. The summed E-state index contributed by atoms with van der Waals surface area (Å²) < 4.78 is 37.8. The second-order valence-electron chi connectivity index (χ2n) is 19.4. The first kappa shape index (κ1) is 45.2. The molecule has 0 unspecified atom stereocenters. The van der Waals surface area contributed by atoms with Crippen molar-refractivity contribution in [3.8, 4) is 0 Å². The number of rotatable bonds is 16. The number of allylic oxidation sites excluding steroid dienone is 1. The number of unbranched alkanes of at least 4 members (excludes halogenated alkanes) is 2. The summed E-state index contributed by atoms with van der Waals surface area (Å²) in [5.41, 5.74) is 0.988. The van der Waals surface area contributed by atoms with E-state index in [1.807, 2.05) is 6.92 Å². The van der Waals surface area contributed by atoms with Gasteiger partial charge >= 0.3 is 23.7 Å². The number of amides is 1. The topological polar surface area (TPSA) is 155 Å². The minimum atomic E-state index is -1.54. The Hall–Kier alpha value is -3.32. The predicted octanol–water partition coefficient (Wildman–Crippen LogP) is 9.04. The highest BCUT2D eigenvalue weighted by atomic mass is 19.1. The summed E-state index contributed by atoms with van der Waals surface area (Å²) in [6, 6.07) is 0. The first-order valence-electron chi connectivity index (χ1n) is 22.7. The second-order valence-corrected chi connectivity index (χ2v) is 19.4. The SMILES string of the molecule is CCCCCOC(=O)Nc1nc(=O)n([C@@H]2O[C@H](C)[C@@H](OC(=O)CCC(=O)O[C@H]3CC[C@@]4(C)C(=CC[C@H]5[C@@H]6CC[C@H]([C@H](C)CCCC(C)C)[C@@]6(C)CC[C@@H]54)C3)[C@H]2O)cc1F. The normalized spacial score (nSPS) is 34.3. The van der Waals surface area contributed by atoms with E-state index in [2.05, 4.69) is 51.0 Å². The van der Waals surface area contributed by atoms with Crippen LogP contribution in [-0.2, 0) is 28.5 Å².